The molecule has 152 valence electrons. The van der Waals surface area contributed by atoms with Crippen LogP contribution in [0.15, 0.2) is 53.5 Å². The Hall–Kier alpha value is -2.00. The lowest BCUT2D eigenvalue weighted by atomic mass is 10.0. The van der Waals surface area contributed by atoms with Crippen LogP contribution in [0.4, 0.5) is 5.69 Å². The fourth-order valence-corrected chi connectivity index (χ4v) is 3.45. The maximum Gasteiger partial charge on any atom is 0.193 e. The number of nitrogens with zero attached hydrogens (tertiary/aromatic N) is 2. The minimum atomic E-state index is 0. The Morgan fingerprint density at radius 2 is 1.75 bits per heavy atom. The van der Waals surface area contributed by atoms with Gasteiger partial charge >= 0.3 is 0 Å². The molecule has 2 aromatic carbocycles. The van der Waals surface area contributed by atoms with Crippen molar-refractivity contribution in [2.75, 3.05) is 39.2 Å². The standard InChI is InChI=1S/C21H28N4O2.HI/c1-26-17-11-9-16(10-12-17)24-21(22)23-15-19(25-13-5-6-14-25)18-7-3-4-8-20(18)27-2;/h3-4,7-12,19H,5-6,13-15H2,1-2H3,(H3,22,23,24);1H. The average molecular weight is 496 g/mol. The molecule has 7 heteroatoms. The van der Waals surface area contributed by atoms with Crippen molar-refractivity contribution in [1.29, 1.82) is 0 Å². The van der Waals surface area contributed by atoms with Gasteiger partial charge in [-0.1, -0.05) is 18.2 Å². The zero-order chi connectivity index (χ0) is 19.1. The second-order valence-electron chi connectivity index (χ2n) is 6.58. The molecule has 0 spiro atoms. The molecule has 28 heavy (non-hydrogen) atoms. The van der Waals surface area contributed by atoms with Gasteiger partial charge in [-0.2, -0.15) is 0 Å². The van der Waals surface area contributed by atoms with E-state index in [4.69, 9.17) is 15.2 Å². The lowest BCUT2D eigenvalue weighted by Crippen LogP contribution is -2.30. The number of aliphatic imine (C=N–C) groups is 1. The normalized spacial score (nSPS) is 15.6. The number of ether oxygens (including phenoxy) is 2. The number of hydrogen-bond donors (Lipinski definition) is 2. The first-order valence-corrected chi connectivity index (χ1v) is 9.29. The van der Waals surface area contributed by atoms with Gasteiger partial charge in [0, 0.05) is 11.3 Å². The van der Waals surface area contributed by atoms with Crippen molar-refractivity contribution < 1.29 is 9.47 Å². The van der Waals surface area contributed by atoms with E-state index in [1.807, 2.05) is 42.5 Å². The molecule has 1 heterocycles. The summed E-state index contributed by atoms with van der Waals surface area (Å²) in [6.45, 7) is 2.73. The average Bonchev–Trinajstić information content (AvgIpc) is 3.23. The zero-order valence-electron chi connectivity index (χ0n) is 16.4. The number of benzene rings is 2. The molecule has 1 unspecified atom stereocenters. The quantitative estimate of drug-likeness (QED) is 0.346. The van der Waals surface area contributed by atoms with Crippen LogP contribution in [-0.4, -0.2) is 44.7 Å². The van der Waals surface area contributed by atoms with Gasteiger partial charge in [0.1, 0.15) is 11.5 Å². The predicted octanol–water partition coefficient (Wildman–Crippen LogP) is 3.89. The second kappa shape index (κ2) is 11.1. The van der Waals surface area contributed by atoms with E-state index >= 15 is 0 Å². The van der Waals surface area contributed by atoms with E-state index in [1.165, 1.54) is 12.8 Å². The molecule has 6 nitrogen and oxygen atoms in total. The molecule has 3 N–H and O–H groups in total. The van der Waals surface area contributed by atoms with Crippen molar-refractivity contribution in [3.05, 3.63) is 54.1 Å². The van der Waals surface area contributed by atoms with Gasteiger partial charge < -0.3 is 20.5 Å². The van der Waals surface area contributed by atoms with Crippen molar-refractivity contribution in [3.63, 3.8) is 0 Å². The molecule has 3 rings (SSSR count). The van der Waals surface area contributed by atoms with Crippen molar-refractivity contribution in [1.82, 2.24) is 4.90 Å². The number of methoxy groups -OCH3 is 2. The molecule has 1 fully saturated rings. The third kappa shape index (κ3) is 5.75. The number of nitrogens with two attached hydrogens (primary N) is 1. The third-order valence-corrected chi connectivity index (χ3v) is 4.88. The predicted molar refractivity (Wildman–Crippen MR) is 125 cm³/mol. The van der Waals surface area contributed by atoms with E-state index in [0.717, 1.165) is 35.8 Å². The SMILES string of the molecule is COc1ccc(NC(N)=NCC(c2ccccc2OC)N2CCCC2)cc1.I. The van der Waals surface area contributed by atoms with Gasteiger partial charge in [-0.3, -0.25) is 9.89 Å². The first kappa shape index (κ1) is 22.3. The zero-order valence-corrected chi connectivity index (χ0v) is 18.8. The number of hydrogen-bond acceptors (Lipinski definition) is 4. The van der Waals surface area contributed by atoms with E-state index < -0.39 is 0 Å². The Balaban J connectivity index is 0.00000280. The highest BCUT2D eigenvalue weighted by Crippen LogP contribution is 2.31. The number of halogens is 1. The molecule has 0 radical (unpaired) electrons. The summed E-state index contributed by atoms with van der Waals surface area (Å²) in [5, 5.41) is 3.14. The third-order valence-electron chi connectivity index (χ3n) is 4.88. The number of rotatable bonds is 7. The van der Waals surface area contributed by atoms with Crippen LogP contribution in [0, 0.1) is 0 Å². The Bertz CT molecular complexity index is 761. The van der Waals surface area contributed by atoms with E-state index in [9.17, 15) is 0 Å². The molecule has 1 saturated heterocycles. The summed E-state index contributed by atoms with van der Waals surface area (Å²) < 4.78 is 10.8. The van der Waals surface area contributed by atoms with Crippen LogP contribution < -0.4 is 20.5 Å². The molecule has 1 atom stereocenters. The van der Waals surface area contributed by atoms with Crippen LogP contribution in [0.2, 0.25) is 0 Å². The minimum absolute atomic E-state index is 0. The fraction of sp³-hybridized carbons (Fsp3) is 0.381. The molecule has 2 aromatic rings. The van der Waals surface area contributed by atoms with Crippen molar-refractivity contribution in [2.45, 2.75) is 18.9 Å². The van der Waals surface area contributed by atoms with Crippen molar-refractivity contribution in [2.24, 2.45) is 10.7 Å². The number of likely N-dealkylation sites (tertiary alicyclic amines) is 1. The van der Waals surface area contributed by atoms with E-state index in [-0.39, 0.29) is 30.0 Å². The maximum absolute atomic E-state index is 6.13. The number of guanidine groups is 1. The van der Waals surface area contributed by atoms with Crippen molar-refractivity contribution >= 4 is 35.6 Å². The van der Waals surface area contributed by atoms with Crippen LogP contribution in [0.1, 0.15) is 24.4 Å². The molecule has 1 aliphatic heterocycles. The monoisotopic (exact) mass is 496 g/mol. The number of anilines is 1. The van der Waals surface area contributed by atoms with E-state index in [0.29, 0.717) is 12.5 Å². The van der Waals surface area contributed by atoms with E-state index in [1.54, 1.807) is 14.2 Å². The lowest BCUT2D eigenvalue weighted by Gasteiger charge is -2.28. The first-order chi connectivity index (χ1) is 13.2. The molecule has 0 aliphatic carbocycles. The summed E-state index contributed by atoms with van der Waals surface area (Å²) in [5.41, 5.74) is 8.17. The van der Waals surface area contributed by atoms with Crippen LogP contribution in [0.5, 0.6) is 11.5 Å². The van der Waals surface area contributed by atoms with Gasteiger partial charge in [-0.15, -0.1) is 24.0 Å². The Morgan fingerprint density at radius 3 is 2.39 bits per heavy atom. The van der Waals surface area contributed by atoms with Crippen LogP contribution in [0.3, 0.4) is 0 Å². The van der Waals surface area contributed by atoms with Gasteiger partial charge in [-0.05, 0) is 56.3 Å². The molecule has 0 saturated carbocycles. The van der Waals surface area contributed by atoms with Gasteiger partial charge in [0.05, 0.1) is 26.8 Å². The second-order valence-corrected chi connectivity index (χ2v) is 6.58. The van der Waals surface area contributed by atoms with Crippen LogP contribution >= 0.6 is 24.0 Å². The number of para-hydroxylation sites is 1. The van der Waals surface area contributed by atoms with E-state index in [2.05, 4.69) is 21.3 Å². The summed E-state index contributed by atoms with van der Waals surface area (Å²) in [6.07, 6.45) is 2.43. The van der Waals surface area contributed by atoms with Crippen molar-refractivity contribution in [3.8, 4) is 11.5 Å². The Labute approximate surface area is 184 Å². The Kier molecular flexibility index (Phi) is 8.85. The fourth-order valence-electron chi connectivity index (χ4n) is 3.45. The topological polar surface area (TPSA) is 72.1 Å². The molecule has 0 amide bonds. The van der Waals surface area contributed by atoms with Gasteiger partial charge in [0.25, 0.3) is 0 Å². The van der Waals surface area contributed by atoms with Crippen LogP contribution in [-0.2, 0) is 0 Å². The first-order valence-electron chi connectivity index (χ1n) is 9.29. The molecule has 0 bridgehead atoms. The summed E-state index contributed by atoms with van der Waals surface area (Å²) in [7, 11) is 3.36. The van der Waals surface area contributed by atoms with Gasteiger partial charge in [0.15, 0.2) is 5.96 Å². The summed E-state index contributed by atoms with van der Waals surface area (Å²) in [6, 6.07) is 15.9. The highest BCUT2D eigenvalue weighted by atomic mass is 127. The lowest BCUT2D eigenvalue weighted by molar-refractivity contribution is 0.245. The minimum Gasteiger partial charge on any atom is -0.497 e. The summed E-state index contributed by atoms with van der Waals surface area (Å²) >= 11 is 0. The molecule has 0 aromatic heterocycles. The number of nitrogens with one attached hydrogen (secondary N) is 1. The van der Waals surface area contributed by atoms with Gasteiger partial charge in [-0.25, -0.2) is 0 Å². The van der Waals surface area contributed by atoms with Crippen LogP contribution in [0.25, 0.3) is 0 Å². The Morgan fingerprint density at radius 1 is 1.07 bits per heavy atom. The summed E-state index contributed by atoms with van der Waals surface area (Å²) in [4.78, 5) is 7.07. The molecule has 1 aliphatic rings. The maximum atomic E-state index is 6.13. The molecular weight excluding hydrogens is 467 g/mol. The molecular formula is C21H29IN4O2. The summed E-state index contributed by atoms with van der Waals surface area (Å²) in [5.74, 6) is 2.10. The smallest absolute Gasteiger partial charge is 0.193 e. The highest BCUT2D eigenvalue weighted by Gasteiger charge is 2.25. The van der Waals surface area contributed by atoms with Gasteiger partial charge in [0.2, 0.25) is 0 Å². The highest BCUT2D eigenvalue weighted by molar-refractivity contribution is 14.0. The largest absolute Gasteiger partial charge is 0.497 e.